The quantitative estimate of drug-likeness (QED) is 0.604. The van der Waals surface area contributed by atoms with Crippen molar-refractivity contribution in [1.29, 1.82) is 0 Å². The van der Waals surface area contributed by atoms with E-state index in [1.54, 1.807) is 0 Å². The molecule has 1 N–H and O–H groups in total. The van der Waals surface area contributed by atoms with Crippen molar-refractivity contribution in [3.05, 3.63) is 27.8 Å². The lowest BCUT2D eigenvalue weighted by molar-refractivity contribution is -0.385. The second kappa shape index (κ2) is 8.20. The highest BCUT2D eigenvalue weighted by molar-refractivity contribution is 5.54. The number of nitrogens with zero attached hydrogens (tertiary/aromatic N) is 2. The average molecular weight is 345 g/mol. The van der Waals surface area contributed by atoms with Crippen LogP contribution >= 0.6 is 0 Å². The highest BCUT2D eigenvalue weighted by Gasteiger charge is 2.25. The van der Waals surface area contributed by atoms with Crippen LogP contribution in [0.25, 0.3) is 0 Å². The zero-order valence-corrected chi connectivity index (χ0v) is 13.6. The Labute approximate surface area is 138 Å². The van der Waals surface area contributed by atoms with Gasteiger partial charge in [0, 0.05) is 24.7 Å². The molecule has 1 aromatic rings. The first kappa shape index (κ1) is 18.3. The van der Waals surface area contributed by atoms with Gasteiger partial charge in [-0.15, -0.1) is 0 Å². The highest BCUT2D eigenvalue weighted by atomic mass is 19.3. The number of nitro groups is 1. The molecule has 1 aliphatic rings. The Morgan fingerprint density at radius 3 is 2.79 bits per heavy atom. The van der Waals surface area contributed by atoms with Crippen molar-refractivity contribution in [3.8, 4) is 11.5 Å². The van der Waals surface area contributed by atoms with Gasteiger partial charge >= 0.3 is 6.61 Å². The minimum atomic E-state index is -3.08. The number of benzene rings is 1. The lowest BCUT2D eigenvalue weighted by atomic mass is 10.0. The zero-order valence-electron chi connectivity index (χ0n) is 13.6. The van der Waals surface area contributed by atoms with Crippen molar-refractivity contribution < 1.29 is 23.2 Å². The topological polar surface area (TPSA) is 76.9 Å². The van der Waals surface area contributed by atoms with Crippen LogP contribution in [-0.4, -0.2) is 49.7 Å². The van der Waals surface area contributed by atoms with Crippen molar-refractivity contribution in [2.24, 2.45) is 0 Å². The molecule has 0 aromatic heterocycles. The lowest BCUT2D eigenvalue weighted by Gasteiger charge is -2.32. The first-order chi connectivity index (χ1) is 11.4. The Balaban J connectivity index is 2.28. The summed E-state index contributed by atoms with van der Waals surface area (Å²) < 4.78 is 34.3. The van der Waals surface area contributed by atoms with Crippen LogP contribution in [0.2, 0.25) is 0 Å². The van der Waals surface area contributed by atoms with Gasteiger partial charge in [-0.1, -0.05) is 0 Å². The summed E-state index contributed by atoms with van der Waals surface area (Å²) in [5.41, 5.74) is 0.160. The Morgan fingerprint density at radius 1 is 1.46 bits per heavy atom. The molecule has 7 nitrogen and oxygen atoms in total. The van der Waals surface area contributed by atoms with Gasteiger partial charge < -0.3 is 14.8 Å². The van der Waals surface area contributed by atoms with E-state index in [4.69, 9.17) is 4.74 Å². The summed E-state index contributed by atoms with van der Waals surface area (Å²) in [4.78, 5) is 12.8. The highest BCUT2D eigenvalue weighted by Crippen LogP contribution is 2.36. The van der Waals surface area contributed by atoms with Gasteiger partial charge in [-0.3, -0.25) is 15.0 Å². The van der Waals surface area contributed by atoms with E-state index in [9.17, 15) is 18.9 Å². The fourth-order valence-corrected chi connectivity index (χ4v) is 2.91. The molecule has 2 rings (SSSR count). The van der Waals surface area contributed by atoms with E-state index in [0.717, 1.165) is 32.0 Å². The largest absolute Gasteiger partial charge is 0.493 e. The van der Waals surface area contributed by atoms with E-state index in [1.165, 1.54) is 13.2 Å². The van der Waals surface area contributed by atoms with Gasteiger partial charge in [-0.05, 0) is 32.5 Å². The number of piperidine rings is 1. The summed E-state index contributed by atoms with van der Waals surface area (Å²) in [5.74, 6) is -0.284. The molecule has 0 saturated carbocycles. The Kier molecular flexibility index (Phi) is 6.27. The molecule has 0 aliphatic carbocycles. The average Bonchev–Trinajstić information content (AvgIpc) is 2.55. The first-order valence-electron chi connectivity index (χ1n) is 7.64. The number of nitro benzene ring substituents is 1. The molecular weight excluding hydrogens is 324 g/mol. The van der Waals surface area contributed by atoms with Crippen LogP contribution in [0.4, 0.5) is 14.5 Å². The van der Waals surface area contributed by atoms with Crippen molar-refractivity contribution >= 4 is 5.69 Å². The number of hydrogen-bond donors (Lipinski definition) is 1. The van der Waals surface area contributed by atoms with Gasteiger partial charge in [0.05, 0.1) is 18.1 Å². The smallest absolute Gasteiger partial charge is 0.387 e. The molecule has 1 unspecified atom stereocenters. The minimum absolute atomic E-state index is 0.0538. The maximum Gasteiger partial charge on any atom is 0.387 e. The van der Waals surface area contributed by atoms with Gasteiger partial charge in [-0.25, -0.2) is 0 Å². The molecule has 9 heteroatoms. The monoisotopic (exact) mass is 345 g/mol. The van der Waals surface area contributed by atoms with Gasteiger partial charge in [-0.2, -0.15) is 8.78 Å². The van der Waals surface area contributed by atoms with Crippen LogP contribution in [0.1, 0.15) is 18.4 Å². The number of halogens is 2. The zero-order chi connectivity index (χ0) is 17.7. The van der Waals surface area contributed by atoms with E-state index < -0.39 is 11.5 Å². The van der Waals surface area contributed by atoms with Crippen molar-refractivity contribution in [2.75, 3.05) is 27.2 Å². The summed E-state index contributed by atoms with van der Waals surface area (Å²) >= 11 is 0. The summed E-state index contributed by atoms with van der Waals surface area (Å²) in [6.07, 6.45) is 2.04. The summed E-state index contributed by atoms with van der Waals surface area (Å²) in [5, 5.41) is 14.5. The number of ether oxygens (including phenoxy) is 2. The molecule has 1 saturated heterocycles. The second-order valence-electron chi connectivity index (χ2n) is 5.63. The standard InChI is InChI=1S/C15H21F2N3O4/c1-18-11-4-3-5-19(9-11)8-10-6-13(23-2)14(24-15(16)17)7-12(10)20(21)22/h6-7,11,15,18H,3-5,8-9H2,1-2H3. The molecule has 24 heavy (non-hydrogen) atoms. The Bertz CT molecular complexity index is 586. The van der Waals surface area contributed by atoms with E-state index in [0.29, 0.717) is 18.2 Å². The third-order valence-corrected chi connectivity index (χ3v) is 4.09. The number of likely N-dealkylation sites (N-methyl/N-ethyl adjacent to an activating group) is 1. The number of hydrogen-bond acceptors (Lipinski definition) is 6. The normalized spacial score (nSPS) is 18.6. The lowest BCUT2D eigenvalue weighted by Crippen LogP contribution is -2.43. The van der Waals surface area contributed by atoms with Crippen molar-refractivity contribution in [3.63, 3.8) is 0 Å². The predicted octanol–water partition coefficient (Wildman–Crippen LogP) is 2.39. The molecule has 0 spiro atoms. The van der Waals surface area contributed by atoms with Crippen LogP contribution in [-0.2, 0) is 6.54 Å². The van der Waals surface area contributed by atoms with Crippen molar-refractivity contribution in [1.82, 2.24) is 10.2 Å². The van der Waals surface area contributed by atoms with E-state index >= 15 is 0 Å². The van der Waals surface area contributed by atoms with Crippen LogP contribution < -0.4 is 14.8 Å². The third-order valence-electron chi connectivity index (χ3n) is 4.09. The fourth-order valence-electron chi connectivity index (χ4n) is 2.91. The minimum Gasteiger partial charge on any atom is -0.493 e. The van der Waals surface area contributed by atoms with Gasteiger partial charge in [0.2, 0.25) is 0 Å². The molecule has 1 aromatic carbocycles. The molecule has 0 radical (unpaired) electrons. The Morgan fingerprint density at radius 2 is 2.21 bits per heavy atom. The van der Waals surface area contributed by atoms with E-state index in [-0.39, 0.29) is 17.2 Å². The molecule has 0 bridgehead atoms. The first-order valence-corrected chi connectivity index (χ1v) is 7.64. The number of methoxy groups -OCH3 is 1. The summed E-state index contributed by atoms with van der Waals surface area (Å²) in [6.45, 7) is -1.14. The number of alkyl halides is 2. The predicted molar refractivity (Wildman–Crippen MR) is 83.6 cm³/mol. The van der Waals surface area contributed by atoms with E-state index in [2.05, 4.69) is 15.0 Å². The third kappa shape index (κ3) is 4.51. The number of rotatable bonds is 7. The second-order valence-corrected chi connectivity index (χ2v) is 5.63. The molecule has 1 heterocycles. The van der Waals surface area contributed by atoms with Gasteiger partial charge in [0.15, 0.2) is 11.5 Å². The SMILES string of the molecule is CNC1CCCN(Cc2cc(OC)c(OC(F)F)cc2[N+](=O)[O-])C1. The maximum atomic E-state index is 12.5. The Hall–Kier alpha value is -2.00. The van der Waals surface area contributed by atoms with Crippen molar-refractivity contribution in [2.45, 2.75) is 32.0 Å². The molecule has 0 amide bonds. The van der Waals surface area contributed by atoms with Gasteiger partial charge in [0.1, 0.15) is 0 Å². The van der Waals surface area contributed by atoms with Crippen LogP contribution in [0.3, 0.4) is 0 Å². The molecular formula is C15H21F2N3O4. The van der Waals surface area contributed by atoms with E-state index in [1.807, 2.05) is 7.05 Å². The molecule has 1 fully saturated rings. The summed E-state index contributed by atoms with van der Waals surface area (Å²) in [7, 11) is 3.19. The van der Waals surface area contributed by atoms with Gasteiger partial charge in [0.25, 0.3) is 5.69 Å². The molecule has 1 aliphatic heterocycles. The van der Waals surface area contributed by atoms with Crippen LogP contribution in [0, 0.1) is 10.1 Å². The number of nitrogens with one attached hydrogen (secondary N) is 1. The molecule has 1 atom stereocenters. The van der Waals surface area contributed by atoms with Crippen LogP contribution in [0.15, 0.2) is 12.1 Å². The summed E-state index contributed by atoms with van der Waals surface area (Å²) in [6, 6.07) is 2.74. The fraction of sp³-hybridized carbons (Fsp3) is 0.600. The maximum absolute atomic E-state index is 12.5. The van der Waals surface area contributed by atoms with Crippen LogP contribution in [0.5, 0.6) is 11.5 Å². The number of likely N-dealkylation sites (tertiary alicyclic amines) is 1. The molecule has 134 valence electrons.